The van der Waals surface area contributed by atoms with Crippen molar-refractivity contribution < 1.29 is 9.29 Å². The monoisotopic (exact) mass is 448 g/mol. The minimum absolute atomic E-state index is 0.0349. The van der Waals surface area contributed by atoms with E-state index in [4.69, 9.17) is 4.18 Å². The number of fused-ring (bicyclic) bond motifs is 5. The summed E-state index contributed by atoms with van der Waals surface area (Å²) in [6.07, 6.45) is 12.2. The summed E-state index contributed by atoms with van der Waals surface area (Å²) in [6, 6.07) is 0. The Kier molecular flexibility index (Phi) is 4.50. The summed E-state index contributed by atoms with van der Waals surface area (Å²) in [6.45, 7) is 5.02. The predicted molar refractivity (Wildman–Crippen MR) is 104 cm³/mol. The summed E-state index contributed by atoms with van der Waals surface area (Å²) >= 11 is 2.24. The zero-order valence-electron chi connectivity index (χ0n) is 14.3. The summed E-state index contributed by atoms with van der Waals surface area (Å²) < 4.78 is 5.93. The Morgan fingerprint density at radius 1 is 1.17 bits per heavy atom. The van der Waals surface area contributed by atoms with Gasteiger partial charge in [-0.15, -0.1) is 0 Å². The molecule has 5 unspecified atom stereocenters. The Morgan fingerprint density at radius 3 is 2.78 bits per heavy atom. The van der Waals surface area contributed by atoms with Gasteiger partial charge in [0, 0.05) is 26.6 Å². The number of aliphatic hydroxyl groups is 1. The zero-order chi connectivity index (χ0) is 16.2. The summed E-state index contributed by atoms with van der Waals surface area (Å²) in [5.41, 5.74) is 0.752. The second-order valence-electron chi connectivity index (χ2n) is 8.99. The lowest BCUT2D eigenvalue weighted by Crippen LogP contribution is -2.53. The van der Waals surface area contributed by atoms with Gasteiger partial charge in [-0.25, -0.2) is 0 Å². The van der Waals surface area contributed by atoms with Crippen molar-refractivity contribution in [3.8, 4) is 0 Å². The molecule has 0 spiro atoms. The van der Waals surface area contributed by atoms with E-state index < -0.39 is 0 Å². The molecule has 4 heteroatoms. The van der Waals surface area contributed by atoms with Crippen LogP contribution in [0.5, 0.6) is 0 Å². The number of hydrogen-bond acceptors (Lipinski definition) is 3. The molecule has 0 aromatic carbocycles. The fraction of sp³-hybridized carbons (Fsp3) is 0.895. The quantitative estimate of drug-likeness (QED) is 0.422. The highest BCUT2D eigenvalue weighted by Crippen LogP contribution is 2.66. The van der Waals surface area contributed by atoms with Crippen LogP contribution in [0.1, 0.15) is 65.2 Å². The Hall–Kier alpha value is 0.580. The zero-order valence-corrected chi connectivity index (χ0v) is 17.2. The molecule has 4 aliphatic carbocycles. The Balaban J connectivity index is 1.59. The third-order valence-corrected chi connectivity index (χ3v) is 9.05. The second-order valence-corrected chi connectivity index (χ2v) is 10.4. The van der Waals surface area contributed by atoms with E-state index in [1.807, 2.05) is 0 Å². The molecule has 3 saturated carbocycles. The molecule has 0 aromatic heterocycles. The van der Waals surface area contributed by atoms with Crippen molar-refractivity contribution in [1.29, 1.82) is 0 Å². The van der Waals surface area contributed by atoms with Gasteiger partial charge in [0.25, 0.3) is 0 Å². The third kappa shape index (κ3) is 2.52. The summed E-state index contributed by atoms with van der Waals surface area (Å²) in [5, 5.41) is 10.1. The fourth-order valence-electron chi connectivity index (χ4n) is 6.93. The van der Waals surface area contributed by atoms with Crippen LogP contribution in [0.15, 0.2) is 11.8 Å². The number of rotatable bonds is 2. The van der Waals surface area contributed by atoms with E-state index >= 15 is 0 Å². The van der Waals surface area contributed by atoms with Crippen LogP contribution < -0.4 is 0 Å². The average Bonchev–Trinajstić information content (AvgIpc) is 2.85. The van der Waals surface area contributed by atoms with E-state index in [9.17, 15) is 5.11 Å². The van der Waals surface area contributed by atoms with Crippen LogP contribution in [0.4, 0.5) is 0 Å². The van der Waals surface area contributed by atoms with Crippen LogP contribution in [0.25, 0.3) is 0 Å². The lowest BCUT2D eigenvalue weighted by Gasteiger charge is -2.60. The van der Waals surface area contributed by atoms with Gasteiger partial charge in [-0.05, 0) is 86.5 Å². The highest BCUT2D eigenvalue weighted by Gasteiger charge is 2.59. The Labute approximate surface area is 157 Å². The molecule has 2 nitrogen and oxygen atoms in total. The molecule has 0 amide bonds. The lowest BCUT2D eigenvalue weighted by molar-refractivity contribution is -0.120. The van der Waals surface area contributed by atoms with Crippen LogP contribution in [0.3, 0.4) is 0 Å². The standard InChI is InChI=1S/C19H29IO2S/c1-18-9-7-13(21)11-12(18)3-4-14-15-5-6-17(22-23-20)19(15,2)10-8-16(14)18/h6,12-16,21H,3-5,7-11H2,1-2H3/t12?,13-,14?,15-,16?,18?,19?/m0/s1. The number of hydrogen-bond donors (Lipinski definition) is 1. The maximum absolute atomic E-state index is 10.1. The second kappa shape index (κ2) is 6.08. The highest BCUT2D eigenvalue weighted by molar-refractivity contribution is 14.2. The molecule has 23 heavy (non-hydrogen) atoms. The molecule has 130 valence electrons. The molecule has 4 rings (SSSR count). The Morgan fingerprint density at radius 2 is 2.00 bits per heavy atom. The maximum atomic E-state index is 10.1. The first kappa shape index (κ1) is 17.0. The lowest BCUT2D eigenvalue weighted by atomic mass is 9.45. The van der Waals surface area contributed by atoms with Gasteiger partial charge >= 0.3 is 0 Å². The van der Waals surface area contributed by atoms with Crippen LogP contribution >= 0.6 is 30.4 Å². The van der Waals surface area contributed by atoms with Crippen LogP contribution in [-0.4, -0.2) is 11.2 Å². The molecule has 0 radical (unpaired) electrons. The van der Waals surface area contributed by atoms with Crippen molar-refractivity contribution in [3.63, 3.8) is 0 Å². The van der Waals surface area contributed by atoms with E-state index in [0.717, 1.165) is 36.5 Å². The minimum Gasteiger partial charge on any atom is -0.419 e. The van der Waals surface area contributed by atoms with Gasteiger partial charge in [0.2, 0.25) is 0 Å². The molecule has 0 saturated heterocycles. The molecule has 1 N–H and O–H groups in total. The van der Waals surface area contributed by atoms with Gasteiger partial charge in [-0.3, -0.25) is 0 Å². The molecular weight excluding hydrogens is 419 g/mol. The van der Waals surface area contributed by atoms with Crippen LogP contribution in [0, 0.1) is 34.5 Å². The highest BCUT2D eigenvalue weighted by atomic mass is 127. The van der Waals surface area contributed by atoms with E-state index in [0.29, 0.717) is 5.41 Å². The van der Waals surface area contributed by atoms with Crippen molar-refractivity contribution in [2.75, 3.05) is 0 Å². The summed E-state index contributed by atoms with van der Waals surface area (Å²) in [4.78, 5) is 0. The van der Waals surface area contributed by atoms with Gasteiger partial charge in [0.1, 0.15) is 15.0 Å². The van der Waals surface area contributed by atoms with E-state index in [2.05, 4.69) is 41.1 Å². The molecule has 0 aromatic rings. The van der Waals surface area contributed by atoms with Crippen molar-refractivity contribution in [2.24, 2.45) is 34.5 Å². The number of allylic oxidation sites excluding steroid dienone is 2. The SMILES string of the molecule is CC12CC[C@H](O)CC1CCC1C2CCC2(C)C(OSI)=CC[C@@H]12. The first-order valence-corrected chi connectivity index (χ1v) is 12.6. The normalized spacial score (nSPS) is 52.2. The van der Waals surface area contributed by atoms with E-state index in [1.165, 1.54) is 53.5 Å². The van der Waals surface area contributed by atoms with Crippen molar-refractivity contribution in [3.05, 3.63) is 11.8 Å². The van der Waals surface area contributed by atoms with Gasteiger partial charge in [0.05, 0.1) is 6.10 Å². The van der Waals surface area contributed by atoms with Gasteiger partial charge < -0.3 is 9.29 Å². The van der Waals surface area contributed by atoms with Gasteiger partial charge in [-0.2, -0.15) is 0 Å². The minimum atomic E-state index is -0.0349. The average molecular weight is 448 g/mol. The summed E-state index contributed by atoms with van der Waals surface area (Å²) in [7, 11) is 1.47. The fourth-order valence-corrected chi connectivity index (χ4v) is 7.83. The molecule has 4 aliphatic rings. The maximum Gasteiger partial charge on any atom is 0.127 e. The Bertz CT molecular complexity index is 510. The van der Waals surface area contributed by atoms with E-state index in [-0.39, 0.29) is 11.5 Å². The molecule has 7 atom stereocenters. The number of aliphatic hydroxyl groups excluding tert-OH is 1. The van der Waals surface area contributed by atoms with Crippen LogP contribution in [0.2, 0.25) is 0 Å². The van der Waals surface area contributed by atoms with Crippen molar-refractivity contribution in [1.82, 2.24) is 0 Å². The van der Waals surface area contributed by atoms with Crippen molar-refractivity contribution in [2.45, 2.75) is 71.3 Å². The topological polar surface area (TPSA) is 29.5 Å². The van der Waals surface area contributed by atoms with E-state index in [1.54, 1.807) is 0 Å². The number of halogens is 1. The van der Waals surface area contributed by atoms with Crippen LogP contribution in [-0.2, 0) is 4.18 Å². The molecular formula is C19H29IO2S. The smallest absolute Gasteiger partial charge is 0.127 e. The van der Waals surface area contributed by atoms with Crippen molar-refractivity contribution >= 4 is 30.4 Å². The third-order valence-electron chi connectivity index (χ3n) is 8.27. The first-order chi connectivity index (χ1) is 11.0. The molecule has 0 heterocycles. The van der Waals surface area contributed by atoms with Gasteiger partial charge in [-0.1, -0.05) is 13.8 Å². The predicted octanol–water partition coefficient (Wildman–Crippen LogP) is 5.90. The molecule has 3 fully saturated rings. The summed E-state index contributed by atoms with van der Waals surface area (Å²) in [5.74, 6) is 4.52. The largest absolute Gasteiger partial charge is 0.419 e. The first-order valence-electron chi connectivity index (χ1n) is 9.33. The molecule has 0 aliphatic heterocycles. The molecule has 0 bridgehead atoms. The van der Waals surface area contributed by atoms with Gasteiger partial charge in [0.15, 0.2) is 0 Å².